The Balaban J connectivity index is 1.68. The van der Waals surface area contributed by atoms with Gasteiger partial charge in [0.2, 0.25) is 0 Å². The Kier molecular flexibility index (Phi) is 3.66. The molecular weight excluding hydrogens is 328 g/mol. The van der Waals surface area contributed by atoms with Crippen LogP contribution < -0.4 is 9.64 Å². The van der Waals surface area contributed by atoms with Gasteiger partial charge in [-0.15, -0.1) is 0 Å². The molecule has 2 aromatic carbocycles. The smallest absolute Gasteiger partial charge is 0.186 e. The molecule has 0 fully saturated rings. The van der Waals surface area contributed by atoms with Crippen LogP contribution in [-0.4, -0.2) is 18.6 Å². The van der Waals surface area contributed by atoms with Crippen LogP contribution in [0.3, 0.4) is 0 Å². The fraction of sp³-hybridized carbons (Fsp3) is 0.278. The summed E-state index contributed by atoms with van der Waals surface area (Å²) in [7, 11) is 1.71. The maximum Gasteiger partial charge on any atom is 0.186 e. The summed E-state index contributed by atoms with van der Waals surface area (Å²) in [5.74, 6) is 0.933. The van der Waals surface area contributed by atoms with Crippen LogP contribution in [0.15, 0.2) is 30.3 Å². The topological polar surface area (TPSA) is 25.4 Å². The number of methoxy groups -OCH3 is 1. The number of fused-ring (bicyclic) bond motifs is 2. The zero-order valence-electron chi connectivity index (χ0n) is 13.1. The van der Waals surface area contributed by atoms with Crippen LogP contribution in [-0.2, 0) is 13.0 Å². The van der Waals surface area contributed by atoms with Gasteiger partial charge in [-0.1, -0.05) is 29.0 Å². The van der Waals surface area contributed by atoms with Crippen molar-refractivity contribution in [3.8, 4) is 5.75 Å². The first-order valence-electron chi connectivity index (χ1n) is 7.62. The highest BCUT2D eigenvalue weighted by molar-refractivity contribution is 7.22. The minimum absolute atomic E-state index is 0.783. The van der Waals surface area contributed by atoms with Crippen molar-refractivity contribution < 1.29 is 4.74 Å². The van der Waals surface area contributed by atoms with Gasteiger partial charge >= 0.3 is 0 Å². The van der Waals surface area contributed by atoms with E-state index in [1.165, 1.54) is 15.8 Å². The molecule has 1 aliphatic heterocycles. The standard InChI is InChI=1S/C18H17ClN2OS/c1-11-15(19)5-6-16-17(11)20-18(23-16)21-8-7-12-9-14(22-2)4-3-13(12)10-21/h3-6,9H,7-8,10H2,1-2H3. The van der Waals surface area contributed by atoms with Crippen LogP contribution in [0, 0.1) is 6.92 Å². The van der Waals surface area contributed by atoms with Gasteiger partial charge in [-0.2, -0.15) is 0 Å². The molecule has 0 radical (unpaired) electrons. The fourth-order valence-corrected chi connectivity index (χ4v) is 4.25. The number of hydrogen-bond donors (Lipinski definition) is 0. The predicted octanol–water partition coefficient (Wildman–Crippen LogP) is 4.83. The van der Waals surface area contributed by atoms with Gasteiger partial charge in [0.05, 0.1) is 17.3 Å². The third kappa shape index (κ3) is 2.56. The number of benzene rings is 2. The van der Waals surface area contributed by atoms with Gasteiger partial charge in [-0.05, 0) is 54.3 Å². The molecule has 5 heteroatoms. The SMILES string of the molecule is COc1ccc2c(c1)CCN(c1nc3c(C)c(Cl)ccc3s1)C2. The number of aromatic nitrogens is 1. The van der Waals surface area contributed by atoms with Gasteiger partial charge < -0.3 is 9.64 Å². The van der Waals surface area contributed by atoms with E-state index < -0.39 is 0 Å². The van der Waals surface area contributed by atoms with Crippen molar-refractivity contribution in [3.05, 3.63) is 52.0 Å². The van der Waals surface area contributed by atoms with Crippen molar-refractivity contribution in [1.29, 1.82) is 0 Å². The normalized spacial score (nSPS) is 14.1. The molecule has 0 atom stereocenters. The van der Waals surface area contributed by atoms with Crippen LogP contribution in [0.4, 0.5) is 5.13 Å². The summed E-state index contributed by atoms with van der Waals surface area (Å²) in [6.07, 6.45) is 1.02. The first kappa shape index (κ1) is 14.8. The molecule has 0 amide bonds. The molecule has 3 aromatic rings. The quantitative estimate of drug-likeness (QED) is 0.665. The molecule has 1 aromatic heterocycles. The van der Waals surface area contributed by atoms with E-state index in [-0.39, 0.29) is 0 Å². The lowest BCUT2D eigenvalue weighted by Crippen LogP contribution is -2.30. The molecule has 0 saturated carbocycles. The molecule has 0 bridgehead atoms. The summed E-state index contributed by atoms with van der Waals surface area (Å²) in [6, 6.07) is 10.4. The molecule has 1 aliphatic rings. The fourth-order valence-electron chi connectivity index (χ4n) is 3.04. The Labute approximate surface area is 144 Å². The van der Waals surface area contributed by atoms with Crippen molar-refractivity contribution >= 4 is 38.3 Å². The predicted molar refractivity (Wildman–Crippen MR) is 97.1 cm³/mol. The van der Waals surface area contributed by atoms with Crippen molar-refractivity contribution in [2.45, 2.75) is 19.9 Å². The second-order valence-corrected chi connectivity index (χ2v) is 7.24. The average Bonchev–Trinajstić information content (AvgIpc) is 3.02. The number of aryl methyl sites for hydroxylation is 1. The monoisotopic (exact) mass is 344 g/mol. The van der Waals surface area contributed by atoms with Gasteiger partial charge in [-0.25, -0.2) is 4.98 Å². The highest BCUT2D eigenvalue weighted by atomic mass is 35.5. The lowest BCUT2D eigenvalue weighted by Gasteiger charge is -2.28. The summed E-state index contributed by atoms with van der Waals surface area (Å²) in [4.78, 5) is 7.19. The minimum Gasteiger partial charge on any atom is -0.497 e. The van der Waals surface area contributed by atoms with Gasteiger partial charge in [0.1, 0.15) is 5.75 Å². The highest BCUT2D eigenvalue weighted by Crippen LogP contribution is 2.35. The summed E-state index contributed by atoms with van der Waals surface area (Å²) < 4.78 is 6.52. The zero-order chi connectivity index (χ0) is 16.0. The Morgan fingerprint density at radius 3 is 2.91 bits per heavy atom. The maximum atomic E-state index is 6.22. The first-order chi connectivity index (χ1) is 11.2. The van der Waals surface area contributed by atoms with Gasteiger partial charge in [-0.3, -0.25) is 0 Å². The maximum absolute atomic E-state index is 6.22. The molecule has 118 valence electrons. The number of anilines is 1. The largest absolute Gasteiger partial charge is 0.497 e. The van der Waals surface area contributed by atoms with Gasteiger partial charge in [0.15, 0.2) is 5.13 Å². The zero-order valence-corrected chi connectivity index (χ0v) is 14.7. The average molecular weight is 345 g/mol. The number of ether oxygens (including phenoxy) is 1. The molecule has 23 heavy (non-hydrogen) atoms. The molecule has 4 rings (SSSR count). The van der Waals surface area contributed by atoms with Gasteiger partial charge in [0, 0.05) is 18.1 Å². The molecule has 0 spiro atoms. The van der Waals surface area contributed by atoms with Crippen LogP contribution in [0.25, 0.3) is 10.2 Å². The van der Waals surface area contributed by atoms with E-state index in [4.69, 9.17) is 21.3 Å². The van der Waals surface area contributed by atoms with E-state index in [2.05, 4.69) is 23.1 Å². The molecule has 2 heterocycles. The second-order valence-electron chi connectivity index (χ2n) is 5.82. The van der Waals surface area contributed by atoms with E-state index in [1.54, 1.807) is 18.4 Å². The number of rotatable bonds is 2. The van der Waals surface area contributed by atoms with Crippen LogP contribution >= 0.6 is 22.9 Å². The van der Waals surface area contributed by atoms with Crippen LogP contribution in [0.5, 0.6) is 5.75 Å². The number of thiazole rings is 1. The number of hydrogen-bond acceptors (Lipinski definition) is 4. The van der Waals surface area contributed by atoms with Crippen LogP contribution in [0.1, 0.15) is 16.7 Å². The van der Waals surface area contributed by atoms with Crippen molar-refractivity contribution in [1.82, 2.24) is 4.98 Å². The molecular formula is C18H17ClN2OS. The highest BCUT2D eigenvalue weighted by Gasteiger charge is 2.20. The third-order valence-electron chi connectivity index (χ3n) is 4.43. The van der Waals surface area contributed by atoms with E-state index in [9.17, 15) is 0 Å². The van der Waals surface area contributed by atoms with Crippen molar-refractivity contribution in [2.24, 2.45) is 0 Å². The summed E-state index contributed by atoms with van der Waals surface area (Å²) in [5.41, 5.74) is 4.82. The van der Waals surface area contributed by atoms with E-state index in [1.807, 2.05) is 19.1 Å². The number of nitrogens with zero attached hydrogens (tertiary/aromatic N) is 2. The minimum atomic E-state index is 0.783. The molecule has 0 N–H and O–H groups in total. The van der Waals surface area contributed by atoms with E-state index >= 15 is 0 Å². The van der Waals surface area contributed by atoms with Crippen LogP contribution in [0.2, 0.25) is 5.02 Å². The molecule has 0 aliphatic carbocycles. The lowest BCUT2D eigenvalue weighted by molar-refractivity contribution is 0.414. The van der Waals surface area contributed by atoms with Crippen molar-refractivity contribution in [3.63, 3.8) is 0 Å². The summed E-state index contributed by atoms with van der Waals surface area (Å²) in [6.45, 7) is 3.91. The molecule has 0 unspecified atom stereocenters. The van der Waals surface area contributed by atoms with Crippen molar-refractivity contribution in [2.75, 3.05) is 18.6 Å². The Morgan fingerprint density at radius 1 is 1.22 bits per heavy atom. The van der Waals surface area contributed by atoms with E-state index in [0.29, 0.717) is 0 Å². The molecule has 3 nitrogen and oxygen atoms in total. The lowest BCUT2D eigenvalue weighted by atomic mass is 10.00. The Morgan fingerprint density at radius 2 is 2.09 bits per heavy atom. The molecule has 0 saturated heterocycles. The first-order valence-corrected chi connectivity index (χ1v) is 8.81. The Bertz CT molecular complexity index is 890. The second kappa shape index (κ2) is 5.69. The van der Waals surface area contributed by atoms with Gasteiger partial charge in [0.25, 0.3) is 0 Å². The number of halogens is 1. The summed E-state index contributed by atoms with van der Waals surface area (Å²) in [5, 5.41) is 1.86. The third-order valence-corrected chi connectivity index (χ3v) is 5.92. The summed E-state index contributed by atoms with van der Waals surface area (Å²) >= 11 is 7.96. The van der Waals surface area contributed by atoms with E-state index in [0.717, 1.165) is 46.5 Å². The Hall–Kier alpha value is -1.78.